The number of aromatic hydroxyl groups is 1. The largest absolute Gasteiger partial charge is 0.507 e. The quantitative estimate of drug-likeness (QED) is 0.577. The fourth-order valence-electron chi connectivity index (χ4n) is 2.72. The molecule has 22 heavy (non-hydrogen) atoms. The van der Waals surface area contributed by atoms with E-state index in [1.165, 1.54) is 12.8 Å². The molecule has 0 unspecified atom stereocenters. The van der Waals surface area contributed by atoms with E-state index >= 15 is 0 Å². The molecule has 1 N–H and O–H groups in total. The molecule has 2 rings (SSSR count). The molecule has 0 amide bonds. The normalized spacial score (nSPS) is 18.1. The van der Waals surface area contributed by atoms with Gasteiger partial charge in [-0.1, -0.05) is 26.2 Å². The van der Waals surface area contributed by atoms with Crippen LogP contribution in [0.2, 0.25) is 0 Å². The number of phenols is 1. The molecule has 0 aliphatic carbocycles. The van der Waals surface area contributed by atoms with Crippen LogP contribution in [-0.2, 0) is 11.2 Å². The summed E-state index contributed by atoms with van der Waals surface area (Å²) in [4.78, 5) is 11.0. The predicted molar refractivity (Wildman–Crippen MR) is 85.6 cm³/mol. The Morgan fingerprint density at radius 1 is 1.32 bits per heavy atom. The zero-order valence-corrected chi connectivity index (χ0v) is 13.3. The van der Waals surface area contributed by atoms with Gasteiger partial charge in [-0.25, -0.2) is 0 Å². The highest BCUT2D eigenvalue weighted by Gasteiger charge is 2.18. The number of unbranched alkanes of at least 4 members (excludes halogenated alkanes) is 3. The van der Waals surface area contributed by atoms with Crippen molar-refractivity contribution in [3.63, 3.8) is 0 Å². The minimum atomic E-state index is -0.246. The number of hydrogen-bond donors (Lipinski definition) is 1. The zero-order valence-electron chi connectivity index (χ0n) is 13.3. The number of ether oxygens (including phenoxy) is 2. The highest BCUT2D eigenvalue weighted by atomic mass is 16.7. The Morgan fingerprint density at radius 3 is 2.86 bits per heavy atom. The lowest BCUT2D eigenvalue weighted by Gasteiger charge is -2.25. The van der Waals surface area contributed by atoms with Crippen LogP contribution in [0.5, 0.6) is 11.5 Å². The monoisotopic (exact) mass is 306 g/mol. The van der Waals surface area contributed by atoms with Crippen LogP contribution in [0.15, 0.2) is 12.1 Å². The van der Waals surface area contributed by atoms with Crippen molar-refractivity contribution in [1.82, 2.24) is 0 Å². The van der Waals surface area contributed by atoms with Crippen LogP contribution in [0.4, 0.5) is 0 Å². The maximum atomic E-state index is 11.0. The summed E-state index contributed by atoms with van der Waals surface area (Å²) in [6, 6.07) is 3.29. The summed E-state index contributed by atoms with van der Waals surface area (Å²) in [6.45, 7) is 2.90. The van der Waals surface area contributed by atoms with Crippen molar-refractivity contribution in [2.75, 3.05) is 6.61 Å². The van der Waals surface area contributed by atoms with Gasteiger partial charge in [0.2, 0.25) is 0 Å². The first kappa shape index (κ1) is 16.8. The van der Waals surface area contributed by atoms with Gasteiger partial charge in [-0.3, -0.25) is 4.79 Å². The molecule has 1 fully saturated rings. The van der Waals surface area contributed by atoms with Gasteiger partial charge < -0.3 is 14.6 Å². The molecule has 1 aromatic carbocycles. The number of carbonyl (C=O) groups is 1. The van der Waals surface area contributed by atoms with Gasteiger partial charge in [0.1, 0.15) is 11.5 Å². The Labute approximate surface area is 132 Å². The molecule has 4 nitrogen and oxygen atoms in total. The maximum absolute atomic E-state index is 11.0. The number of carbonyl (C=O) groups excluding carboxylic acids is 1. The number of benzene rings is 1. The summed E-state index contributed by atoms with van der Waals surface area (Å²) in [7, 11) is 0. The molecule has 0 radical (unpaired) electrons. The second kappa shape index (κ2) is 8.79. The van der Waals surface area contributed by atoms with Crippen LogP contribution >= 0.6 is 0 Å². The third-order valence-corrected chi connectivity index (χ3v) is 4.03. The molecule has 1 aliphatic heterocycles. The highest BCUT2D eigenvalue weighted by molar-refractivity contribution is 5.80. The summed E-state index contributed by atoms with van der Waals surface area (Å²) in [5.41, 5.74) is 1.30. The summed E-state index contributed by atoms with van der Waals surface area (Å²) in [6.07, 6.45) is 8.93. The van der Waals surface area contributed by atoms with E-state index in [9.17, 15) is 9.90 Å². The van der Waals surface area contributed by atoms with Gasteiger partial charge in [-0.15, -0.1) is 0 Å². The molecule has 0 bridgehead atoms. The van der Waals surface area contributed by atoms with Gasteiger partial charge in [-0.2, -0.15) is 0 Å². The van der Waals surface area contributed by atoms with Crippen LogP contribution in [0, 0.1) is 0 Å². The van der Waals surface area contributed by atoms with E-state index in [4.69, 9.17) is 9.47 Å². The molecule has 0 saturated carbocycles. The van der Waals surface area contributed by atoms with Gasteiger partial charge in [-0.05, 0) is 37.3 Å². The first-order valence-corrected chi connectivity index (χ1v) is 8.34. The Kier molecular flexibility index (Phi) is 6.72. The third-order valence-electron chi connectivity index (χ3n) is 4.03. The van der Waals surface area contributed by atoms with Crippen molar-refractivity contribution < 1.29 is 19.4 Å². The second-order valence-electron chi connectivity index (χ2n) is 5.86. The van der Waals surface area contributed by atoms with Crippen molar-refractivity contribution in [2.24, 2.45) is 0 Å². The van der Waals surface area contributed by atoms with E-state index < -0.39 is 0 Å². The average Bonchev–Trinajstić information content (AvgIpc) is 2.54. The minimum Gasteiger partial charge on any atom is -0.507 e. The van der Waals surface area contributed by atoms with E-state index in [-0.39, 0.29) is 12.0 Å². The molecule has 1 heterocycles. The topological polar surface area (TPSA) is 55.8 Å². The summed E-state index contributed by atoms with van der Waals surface area (Å²) in [5.74, 6) is 0.615. The number of aryl methyl sites for hydroxylation is 1. The number of hydrogen-bond acceptors (Lipinski definition) is 4. The second-order valence-corrected chi connectivity index (χ2v) is 5.86. The molecule has 122 valence electrons. The van der Waals surface area contributed by atoms with Gasteiger partial charge >= 0.3 is 0 Å². The van der Waals surface area contributed by atoms with E-state index in [1.54, 1.807) is 12.1 Å². The van der Waals surface area contributed by atoms with Crippen molar-refractivity contribution >= 4 is 6.29 Å². The first-order valence-electron chi connectivity index (χ1n) is 8.34. The summed E-state index contributed by atoms with van der Waals surface area (Å²) < 4.78 is 11.5. The lowest BCUT2D eigenvalue weighted by atomic mass is 10.0. The Morgan fingerprint density at radius 2 is 2.18 bits per heavy atom. The first-order chi connectivity index (χ1) is 10.7. The maximum Gasteiger partial charge on any atom is 0.199 e. The Hall–Kier alpha value is -1.55. The van der Waals surface area contributed by atoms with Gasteiger partial charge in [0.15, 0.2) is 12.6 Å². The molecule has 1 aromatic rings. The van der Waals surface area contributed by atoms with Gasteiger partial charge in [0.25, 0.3) is 0 Å². The fraction of sp³-hybridized carbons (Fsp3) is 0.611. The predicted octanol–water partition coefficient (Wildman–Crippen LogP) is 4.23. The standard InChI is InChI=1S/C18H26O4/c1-2-3-4-5-8-14-11-15(13-19)16(20)12-17(14)22-18-9-6-7-10-21-18/h11-13,18,20H,2-10H2,1H3/t18-/m1/s1. The Bertz CT molecular complexity index is 478. The molecule has 1 aliphatic rings. The van der Waals surface area contributed by atoms with E-state index in [1.807, 2.05) is 0 Å². The fourth-order valence-corrected chi connectivity index (χ4v) is 2.72. The molecule has 4 heteroatoms. The Balaban J connectivity index is 2.09. The van der Waals surface area contributed by atoms with Crippen LogP contribution in [0.25, 0.3) is 0 Å². The average molecular weight is 306 g/mol. The van der Waals surface area contributed by atoms with Gasteiger partial charge in [0, 0.05) is 12.5 Å². The third kappa shape index (κ3) is 4.73. The SMILES string of the molecule is CCCCCCc1cc(C=O)c(O)cc1O[C@@H]1CCCCO1. The molecular formula is C18H26O4. The van der Waals surface area contributed by atoms with E-state index in [0.717, 1.165) is 50.7 Å². The summed E-state index contributed by atoms with van der Waals surface area (Å²) in [5, 5.41) is 9.90. The molecule has 0 aromatic heterocycles. The molecule has 1 atom stereocenters. The minimum absolute atomic E-state index is 0.0295. The van der Waals surface area contributed by atoms with Crippen LogP contribution in [0.1, 0.15) is 67.8 Å². The highest BCUT2D eigenvalue weighted by Crippen LogP contribution is 2.31. The smallest absolute Gasteiger partial charge is 0.199 e. The van der Waals surface area contributed by atoms with Crippen molar-refractivity contribution in [3.8, 4) is 11.5 Å². The number of aldehydes is 1. The molecular weight excluding hydrogens is 280 g/mol. The number of phenolic OH excluding ortho intramolecular Hbond substituents is 1. The lowest BCUT2D eigenvalue weighted by molar-refractivity contribution is -0.106. The number of rotatable bonds is 8. The molecule has 0 spiro atoms. The lowest BCUT2D eigenvalue weighted by Crippen LogP contribution is -2.25. The van der Waals surface area contributed by atoms with E-state index in [2.05, 4.69) is 6.92 Å². The van der Waals surface area contributed by atoms with Crippen molar-refractivity contribution in [1.29, 1.82) is 0 Å². The zero-order chi connectivity index (χ0) is 15.8. The van der Waals surface area contributed by atoms with Crippen LogP contribution in [-0.4, -0.2) is 24.3 Å². The van der Waals surface area contributed by atoms with Crippen LogP contribution in [0.3, 0.4) is 0 Å². The summed E-state index contributed by atoms with van der Waals surface area (Å²) >= 11 is 0. The van der Waals surface area contributed by atoms with Gasteiger partial charge in [0.05, 0.1) is 12.2 Å². The van der Waals surface area contributed by atoms with Crippen molar-refractivity contribution in [2.45, 2.75) is 64.6 Å². The molecule has 1 saturated heterocycles. The van der Waals surface area contributed by atoms with Crippen LogP contribution < -0.4 is 4.74 Å². The van der Waals surface area contributed by atoms with E-state index in [0.29, 0.717) is 17.6 Å². The van der Waals surface area contributed by atoms with Crippen molar-refractivity contribution in [3.05, 3.63) is 23.3 Å².